The van der Waals surface area contributed by atoms with Crippen molar-refractivity contribution in [1.82, 2.24) is 10.6 Å². The maximum absolute atomic E-state index is 12.7. The number of carbonyl (C=O) groups excluding carboxylic acids is 1. The molecule has 4 heteroatoms. The zero-order valence-corrected chi connectivity index (χ0v) is 16.9. The first-order chi connectivity index (χ1) is 12.6. The van der Waals surface area contributed by atoms with E-state index in [4.69, 9.17) is 4.74 Å². The molecule has 1 aliphatic rings. The van der Waals surface area contributed by atoms with Crippen molar-refractivity contribution in [3.05, 3.63) is 59.7 Å². The highest BCUT2D eigenvalue weighted by molar-refractivity contribution is 5.94. The molecule has 0 aliphatic carbocycles. The van der Waals surface area contributed by atoms with Gasteiger partial charge in [-0.3, -0.25) is 4.79 Å². The first kappa shape index (κ1) is 19.4. The predicted molar refractivity (Wildman–Crippen MR) is 109 cm³/mol. The van der Waals surface area contributed by atoms with Gasteiger partial charge in [0, 0.05) is 22.7 Å². The number of aryl methyl sites for hydroxylation is 1. The summed E-state index contributed by atoms with van der Waals surface area (Å²) in [6.07, 6.45) is 1.83. The number of rotatable bonds is 4. The van der Waals surface area contributed by atoms with Crippen LogP contribution < -0.4 is 15.4 Å². The second-order valence-electron chi connectivity index (χ2n) is 8.86. The van der Waals surface area contributed by atoms with Gasteiger partial charge in [-0.2, -0.15) is 0 Å². The summed E-state index contributed by atoms with van der Waals surface area (Å²) in [7, 11) is 0. The lowest BCUT2D eigenvalue weighted by atomic mass is 9.79. The Morgan fingerprint density at radius 3 is 2.19 bits per heavy atom. The SMILES string of the molecule is Cc1ccccc1Oc1ccc(C(=O)NC2CC(C)(C)NC(C)(C)C2)cc1. The lowest BCUT2D eigenvalue weighted by Crippen LogP contribution is -2.62. The highest BCUT2D eigenvalue weighted by Crippen LogP contribution is 2.29. The van der Waals surface area contributed by atoms with Gasteiger partial charge in [0.1, 0.15) is 11.5 Å². The molecule has 4 nitrogen and oxygen atoms in total. The Bertz CT molecular complexity index is 793. The van der Waals surface area contributed by atoms with Gasteiger partial charge in [0.05, 0.1) is 0 Å². The Hall–Kier alpha value is -2.33. The monoisotopic (exact) mass is 366 g/mol. The number of hydrogen-bond acceptors (Lipinski definition) is 3. The van der Waals surface area contributed by atoms with Gasteiger partial charge >= 0.3 is 0 Å². The van der Waals surface area contributed by atoms with E-state index in [1.54, 1.807) is 0 Å². The van der Waals surface area contributed by atoms with Crippen molar-refractivity contribution in [1.29, 1.82) is 0 Å². The molecule has 1 aliphatic heterocycles. The van der Waals surface area contributed by atoms with E-state index in [1.807, 2.05) is 55.5 Å². The van der Waals surface area contributed by atoms with Crippen LogP contribution in [0.15, 0.2) is 48.5 Å². The number of piperidine rings is 1. The summed E-state index contributed by atoms with van der Waals surface area (Å²) in [5.74, 6) is 1.52. The van der Waals surface area contributed by atoms with E-state index < -0.39 is 0 Å². The number of amides is 1. The average molecular weight is 367 g/mol. The molecule has 0 unspecified atom stereocenters. The molecule has 1 saturated heterocycles. The van der Waals surface area contributed by atoms with Gasteiger partial charge in [-0.15, -0.1) is 0 Å². The number of benzene rings is 2. The molecule has 1 heterocycles. The molecule has 0 spiro atoms. The Morgan fingerprint density at radius 1 is 1.00 bits per heavy atom. The normalized spacial score (nSPS) is 18.7. The molecule has 0 bridgehead atoms. The Labute approximate surface area is 162 Å². The van der Waals surface area contributed by atoms with E-state index in [0.29, 0.717) is 5.56 Å². The molecule has 0 saturated carbocycles. The number of para-hydroxylation sites is 1. The van der Waals surface area contributed by atoms with Crippen molar-refractivity contribution in [2.45, 2.75) is 64.6 Å². The van der Waals surface area contributed by atoms with Gasteiger partial charge in [-0.25, -0.2) is 0 Å². The van der Waals surface area contributed by atoms with E-state index in [2.05, 4.69) is 38.3 Å². The minimum absolute atomic E-state index is 0.00490. The van der Waals surface area contributed by atoms with E-state index in [0.717, 1.165) is 29.9 Å². The molecule has 0 aromatic heterocycles. The van der Waals surface area contributed by atoms with Gasteiger partial charge < -0.3 is 15.4 Å². The lowest BCUT2D eigenvalue weighted by molar-refractivity contribution is 0.0873. The standard InChI is InChI=1S/C23H30N2O2/c1-16-8-6-7-9-20(16)27-19-12-10-17(11-13-19)21(26)24-18-14-22(2,3)25-23(4,5)15-18/h6-13,18,25H,14-15H2,1-5H3,(H,24,26). The molecule has 144 valence electrons. The van der Waals surface area contributed by atoms with Crippen LogP contribution in [0.3, 0.4) is 0 Å². The molecular formula is C23H30N2O2. The van der Waals surface area contributed by atoms with E-state index in [-0.39, 0.29) is 23.0 Å². The first-order valence-corrected chi connectivity index (χ1v) is 9.57. The smallest absolute Gasteiger partial charge is 0.251 e. The summed E-state index contributed by atoms with van der Waals surface area (Å²) in [6.45, 7) is 10.8. The van der Waals surface area contributed by atoms with Crippen molar-refractivity contribution < 1.29 is 9.53 Å². The zero-order chi connectivity index (χ0) is 19.7. The van der Waals surface area contributed by atoms with Crippen molar-refractivity contribution in [3.63, 3.8) is 0 Å². The van der Waals surface area contributed by atoms with Crippen LogP contribution in [0, 0.1) is 6.92 Å². The average Bonchev–Trinajstić information content (AvgIpc) is 2.54. The molecule has 0 radical (unpaired) electrons. The Morgan fingerprint density at radius 2 is 1.59 bits per heavy atom. The first-order valence-electron chi connectivity index (χ1n) is 9.57. The van der Waals surface area contributed by atoms with Crippen LogP contribution in [0.5, 0.6) is 11.5 Å². The van der Waals surface area contributed by atoms with Crippen molar-refractivity contribution in [2.24, 2.45) is 0 Å². The summed E-state index contributed by atoms with van der Waals surface area (Å²) in [5.41, 5.74) is 1.74. The molecule has 3 rings (SSSR count). The summed E-state index contributed by atoms with van der Waals surface area (Å²) >= 11 is 0. The molecule has 27 heavy (non-hydrogen) atoms. The van der Waals surface area contributed by atoms with Gasteiger partial charge in [0.25, 0.3) is 5.91 Å². The van der Waals surface area contributed by atoms with Crippen LogP contribution in [0.1, 0.15) is 56.5 Å². The van der Waals surface area contributed by atoms with Gasteiger partial charge in [-0.1, -0.05) is 18.2 Å². The zero-order valence-electron chi connectivity index (χ0n) is 16.9. The number of hydrogen-bond donors (Lipinski definition) is 2. The van der Waals surface area contributed by atoms with Gasteiger partial charge in [0.15, 0.2) is 0 Å². The quantitative estimate of drug-likeness (QED) is 0.815. The number of nitrogens with one attached hydrogen (secondary N) is 2. The molecule has 1 fully saturated rings. The molecule has 2 aromatic carbocycles. The maximum Gasteiger partial charge on any atom is 0.251 e. The van der Waals surface area contributed by atoms with Crippen LogP contribution in [0.4, 0.5) is 0 Å². The lowest BCUT2D eigenvalue weighted by Gasteiger charge is -2.46. The Balaban J connectivity index is 1.65. The second-order valence-corrected chi connectivity index (χ2v) is 8.86. The van der Waals surface area contributed by atoms with E-state index in [9.17, 15) is 4.79 Å². The summed E-state index contributed by atoms with van der Waals surface area (Å²) in [6, 6.07) is 15.4. The van der Waals surface area contributed by atoms with Gasteiger partial charge in [0.2, 0.25) is 0 Å². The van der Waals surface area contributed by atoms with Crippen LogP contribution in [0.25, 0.3) is 0 Å². The molecule has 2 aromatic rings. The van der Waals surface area contributed by atoms with Crippen molar-refractivity contribution in [2.75, 3.05) is 0 Å². The fraction of sp³-hybridized carbons (Fsp3) is 0.435. The van der Waals surface area contributed by atoms with Gasteiger partial charge in [-0.05, 0) is 83.4 Å². The molecule has 0 atom stereocenters. The highest BCUT2D eigenvalue weighted by atomic mass is 16.5. The molecule has 1 amide bonds. The highest BCUT2D eigenvalue weighted by Gasteiger charge is 2.38. The fourth-order valence-electron chi connectivity index (χ4n) is 4.17. The minimum Gasteiger partial charge on any atom is -0.457 e. The summed E-state index contributed by atoms with van der Waals surface area (Å²) < 4.78 is 5.91. The van der Waals surface area contributed by atoms with Crippen LogP contribution >= 0.6 is 0 Å². The topological polar surface area (TPSA) is 50.4 Å². The molecule has 2 N–H and O–H groups in total. The number of ether oxygens (including phenoxy) is 1. The third-order valence-electron chi connectivity index (χ3n) is 4.96. The second kappa shape index (κ2) is 7.35. The minimum atomic E-state index is -0.0315. The van der Waals surface area contributed by atoms with Crippen molar-refractivity contribution >= 4 is 5.91 Å². The molecular weight excluding hydrogens is 336 g/mol. The van der Waals surface area contributed by atoms with Crippen LogP contribution in [-0.4, -0.2) is 23.0 Å². The third kappa shape index (κ3) is 5.10. The maximum atomic E-state index is 12.7. The number of carbonyl (C=O) groups is 1. The largest absolute Gasteiger partial charge is 0.457 e. The summed E-state index contributed by atoms with van der Waals surface area (Å²) in [4.78, 5) is 12.7. The Kier molecular flexibility index (Phi) is 5.29. The predicted octanol–water partition coefficient (Wildman–Crippen LogP) is 4.83. The van der Waals surface area contributed by atoms with Crippen LogP contribution in [0.2, 0.25) is 0 Å². The fourth-order valence-corrected chi connectivity index (χ4v) is 4.17. The van der Waals surface area contributed by atoms with E-state index >= 15 is 0 Å². The van der Waals surface area contributed by atoms with E-state index in [1.165, 1.54) is 0 Å². The summed E-state index contributed by atoms with van der Waals surface area (Å²) in [5, 5.41) is 6.85. The van der Waals surface area contributed by atoms with Crippen molar-refractivity contribution in [3.8, 4) is 11.5 Å². The van der Waals surface area contributed by atoms with Crippen LogP contribution in [-0.2, 0) is 0 Å². The third-order valence-corrected chi connectivity index (χ3v) is 4.96.